The van der Waals surface area contributed by atoms with Crippen LogP contribution in [-0.2, 0) is 6.42 Å². The van der Waals surface area contributed by atoms with Gasteiger partial charge < -0.3 is 0 Å². The second-order valence-corrected chi connectivity index (χ2v) is 4.44. The van der Waals surface area contributed by atoms with Crippen LogP contribution >= 0.6 is 0 Å². The van der Waals surface area contributed by atoms with Gasteiger partial charge in [0.2, 0.25) is 5.78 Å². The van der Waals surface area contributed by atoms with Crippen LogP contribution in [0.5, 0.6) is 0 Å². The van der Waals surface area contributed by atoms with Crippen LogP contribution in [0, 0.1) is 6.92 Å². The Balaban J connectivity index is 2.23. The average molecular weight is 239 g/mol. The molecule has 0 bridgehead atoms. The van der Waals surface area contributed by atoms with Gasteiger partial charge in [0.15, 0.2) is 0 Å². The van der Waals surface area contributed by atoms with E-state index in [0.717, 1.165) is 18.5 Å². The van der Waals surface area contributed by atoms with Gasteiger partial charge in [-0.3, -0.25) is 4.79 Å². The number of benzene rings is 1. The SMILES string of the molecule is CCCc1ccc(C(=O)c2cccc(C)n2)cc1. The van der Waals surface area contributed by atoms with Gasteiger partial charge in [-0.05, 0) is 31.0 Å². The molecule has 0 spiro atoms. The maximum absolute atomic E-state index is 12.2. The Morgan fingerprint density at radius 3 is 2.44 bits per heavy atom. The minimum Gasteiger partial charge on any atom is -0.287 e. The Hall–Kier alpha value is -1.96. The molecule has 0 N–H and O–H groups in total. The molecule has 0 unspecified atom stereocenters. The number of carbonyl (C=O) groups is 1. The maximum atomic E-state index is 12.2. The number of nitrogens with zero attached hydrogens (tertiary/aromatic N) is 1. The van der Waals surface area contributed by atoms with Crippen molar-refractivity contribution in [3.05, 3.63) is 65.0 Å². The lowest BCUT2D eigenvalue weighted by molar-refractivity contribution is 0.103. The summed E-state index contributed by atoms with van der Waals surface area (Å²) in [6.45, 7) is 4.04. The van der Waals surface area contributed by atoms with E-state index in [1.54, 1.807) is 6.07 Å². The highest BCUT2D eigenvalue weighted by molar-refractivity contribution is 6.07. The molecule has 0 atom stereocenters. The Morgan fingerprint density at radius 2 is 1.83 bits per heavy atom. The normalized spacial score (nSPS) is 10.3. The summed E-state index contributed by atoms with van der Waals surface area (Å²) in [6.07, 6.45) is 2.17. The van der Waals surface area contributed by atoms with Gasteiger partial charge in [0.1, 0.15) is 5.69 Å². The fourth-order valence-electron chi connectivity index (χ4n) is 1.93. The smallest absolute Gasteiger partial charge is 0.211 e. The van der Waals surface area contributed by atoms with Crippen LogP contribution in [0.1, 0.15) is 40.7 Å². The van der Waals surface area contributed by atoms with Crippen molar-refractivity contribution in [2.24, 2.45) is 0 Å². The second-order valence-electron chi connectivity index (χ2n) is 4.44. The van der Waals surface area contributed by atoms with Gasteiger partial charge in [0.05, 0.1) is 0 Å². The van der Waals surface area contributed by atoms with Crippen LogP contribution in [0.2, 0.25) is 0 Å². The third-order valence-corrected chi connectivity index (χ3v) is 2.88. The molecule has 1 heterocycles. The Labute approximate surface area is 108 Å². The van der Waals surface area contributed by atoms with Crippen molar-refractivity contribution in [2.75, 3.05) is 0 Å². The van der Waals surface area contributed by atoms with Gasteiger partial charge in [-0.25, -0.2) is 4.98 Å². The number of hydrogen-bond acceptors (Lipinski definition) is 2. The van der Waals surface area contributed by atoms with Crippen LogP contribution < -0.4 is 0 Å². The highest BCUT2D eigenvalue weighted by Gasteiger charge is 2.10. The zero-order chi connectivity index (χ0) is 13.0. The van der Waals surface area contributed by atoms with Crippen LogP contribution in [0.15, 0.2) is 42.5 Å². The summed E-state index contributed by atoms with van der Waals surface area (Å²) in [5, 5.41) is 0. The van der Waals surface area contributed by atoms with Crippen LogP contribution in [0.25, 0.3) is 0 Å². The third-order valence-electron chi connectivity index (χ3n) is 2.88. The predicted molar refractivity (Wildman–Crippen MR) is 72.8 cm³/mol. The first-order chi connectivity index (χ1) is 8.70. The topological polar surface area (TPSA) is 30.0 Å². The first kappa shape index (κ1) is 12.5. The fourth-order valence-corrected chi connectivity index (χ4v) is 1.93. The molecule has 2 heteroatoms. The number of hydrogen-bond donors (Lipinski definition) is 0. The number of aryl methyl sites for hydroxylation is 2. The Bertz CT molecular complexity index is 543. The van der Waals surface area contributed by atoms with Crippen molar-refractivity contribution in [1.82, 2.24) is 4.98 Å². The molecule has 1 aromatic carbocycles. The zero-order valence-corrected chi connectivity index (χ0v) is 10.8. The van der Waals surface area contributed by atoms with E-state index in [9.17, 15) is 4.79 Å². The highest BCUT2D eigenvalue weighted by Crippen LogP contribution is 2.11. The van der Waals surface area contributed by atoms with Crippen molar-refractivity contribution in [3.63, 3.8) is 0 Å². The standard InChI is InChI=1S/C16H17NO/c1-3-5-13-8-10-14(11-9-13)16(18)15-7-4-6-12(2)17-15/h4,6-11H,3,5H2,1-2H3. The summed E-state index contributed by atoms with van der Waals surface area (Å²) in [5.41, 5.74) is 3.35. The molecular weight excluding hydrogens is 222 g/mol. The summed E-state index contributed by atoms with van der Waals surface area (Å²) in [4.78, 5) is 16.5. The quantitative estimate of drug-likeness (QED) is 0.763. The Kier molecular flexibility index (Phi) is 3.88. The number of carbonyl (C=O) groups excluding carboxylic acids is 1. The van der Waals surface area contributed by atoms with Crippen molar-refractivity contribution >= 4 is 5.78 Å². The lowest BCUT2D eigenvalue weighted by Gasteiger charge is -2.03. The first-order valence-corrected chi connectivity index (χ1v) is 6.28. The largest absolute Gasteiger partial charge is 0.287 e. The summed E-state index contributed by atoms with van der Waals surface area (Å²) in [7, 11) is 0. The highest BCUT2D eigenvalue weighted by atomic mass is 16.1. The van der Waals surface area contributed by atoms with E-state index in [4.69, 9.17) is 0 Å². The number of pyridine rings is 1. The number of aromatic nitrogens is 1. The monoisotopic (exact) mass is 239 g/mol. The maximum Gasteiger partial charge on any atom is 0.211 e. The minimum atomic E-state index is -0.0123. The molecular formula is C16H17NO. The van der Waals surface area contributed by atoms with Crippen molar-refractivity contribution in [3.8, 4) is 0 Å². The molecule has 2 aromatic rings. The van der Waals surface area contributed by atoms with Gasteiger partial charge in [0.25, 0.3) is 0 Å². The molecule has 2 rings (SSSR count). The van der Waals surface area contributed by atoms with E-state index in [1.165, 1.54) is 5.56 Å². The van der Waals surface area contributed by atoms with E-state index in [1.807, 2.05) is 43.3 Å². The van der Waals surface area contributed by atoms with Gasteiger partial charge in [-0.15, -0.1) is 0 Å². The van der Waals surface area contributed by atoms with Gasteiger partial charge in [-0.2, -0.15) is 0 Å². The fraction of sp³-hybridized carbons (Fsp3) is 0.250. The van der Waals surface area contributed by atoms with Gasteiger partial charge >= 0.3 is 0 Å². The molecule has 18 heavy (non-hydrogen) atoms. The molecule has 0 aliphatic carbocycles. The van der Waals surface area contributed by atoms with Crippen LogP contribution in [-0.4, -0.2) is 10.8 Å². The van der Waals surface area contributed by atoms with E-state index in [2.05, 4.69) is 11.9 Å². The average Bonchev–Trinajstić information content (AvgIpc) is 2.39. The molecule has 92 valence electrons. The molecule has 2 nitrogen and oxygen atoms in total. The first-order valence-electron chi connectivity index (χ1n) is 6.28. The lowest BCUT2D eigenvalue weighted by Crippen LogP contribution is -2.04. The molecule has 0 radical (unpaired) electrons. The minimum absolute atomic E-state index is 0.0123. The predicted octanol–water partition coefficient (Wildman–Crippen LogP) is 3.57. The number of rotatable bonds is 4. The van der Waals surface area contributed by atoms with Crippen molar-refractivity contribution in [1.29, 1.82) is 0 Å². The molecule has 0 amide bonds. The second kappa shape index (κ2) is 5.58. The molecule has 0 saturated carbocycles. The van der Waals surface area contributed by atoms with E-state index >= 15 is 0 Å². The molecule has 1 aromatic heterocycles. The molecule has 0 aliphatic rings. The molecule has 0 aliphatic heterocycles. The van der Waals surface area contributed by atoms with E-state index in [0.29, 0.717) is 11.3 Å². The lowest BCUT2D eigenvalue weighted by atomic mass is 10.0. The molecule has 0 saturated heterocycles. The van der Waals surface area contributed by atoms with Crippen molar-refractivity contribution in [2.45, 2.75) is 26.7 Å². The Morgan fingerprint density at radius 1 is 1.11 bits per heavy atom. The zero-order valence-electron chi connectivity index (χ0n) is 10.8. The number of ketones is 1. The van der Waals surface area contributed by atoms with Crippen molar-refractivity contribution < 1.29 is 4.79 Å². The van der Waals surface area contributed by atoms with Crippen LogP contribution in [0.4, 0.5) is 0 Å². The molecule has 0 fully saturated rings. The van der Waals surface area contributed by atoms with Crippen LogP contribution in [0.3, 0.4) is 0 Å². The summed E-state index contributed by atoms with van der Waals surface area (Å²) in [5.74, 6) is -0.0123. The van der Waals surface area contributed by atoms with Gasteiger partial charge in [-0.1, -0.05) is 43.7 Å². The van der Waals surface area contributed by atoms with Gasteiger partial charge in [0, 0.05) is 11.3 Å². The third kappa shape index (κ3) is 2.83. The van der Waals surface area contributed by atoms with E-state index in [-0.39, 0.29) is 5.78 Å². The van der Waals surface area contributed by atoms with E-state index < -0.39 is 0 Å². The summed E-state index contributed by atoms with van der Waals surface area (Å²) >= 11 is 0. The summed E-state index contributed by atoms with van der Waals surface area (Å²) < 4.78 is 0. The summed E-state index contributed by atoms with van der Waals surface area (Å²) in [6, 6.07) is 13.3.